The van der Waals surface area contributed by atoms with Crippen molar-refractivity contribution in [3.8, 4) is 0 Å². The van der Waals surface area contributed by atoms with Gasteiger partial charge >= 0.3 is 0 Å². The number of aryl methyl sites for hydroxylation is 1. The summed E-state index contributed by atoms with van der Waals surface area (Å²) in [5.41, 5.74) is 2.29. The summed E-state index contributed by atoms with van der Waals surface area (Å²) in [6.07, 6.45) is 7.51. The maximum absolute atomic E-state index is 12.7. The Hall–Kier alpha value is -1.20. The number of thiazole rings is 1. The van der Waals surface area contributed by atoms with Gasteiger partial charge in [-0.2, -0.15) is 0 Å². The minimum atomic E-state index is -0.0135. The molecule has 1 amide bonds. The molecule has 2 heterocycles. The van der Waals surface area contributed by atoms with E-state index in [4.69, 9.17) is 4.74 Å². The second-order valence-electron chi connectivity index (χ2n) is 5.75. The van der Waals surface area contributed by atoms with Gasteiger partial charge in [0.25, 0.3) is 0 Å². The van der Waals surface area contributed by atoms with Gasteiger partial charge in [0.15, 0.2) is 0 Å². The summed E-state index contributed by atoms with van der Waals surface area (Å²) >= 11 is 1.63. The Kier molecular flexibility index (Phi) is 4.70. The zero-order valence-electron chi connectivity index (χ0n) is 12.5. The fourth-order valence-electron chi connectivity index (χ4n) is 3.04. The van der Waals surface area contributed by atoms with Crippen LogP contribution in [0, 0.1) is 6.92 Å². The minimum Gasteiger partial charge on any atom is -0.377 e. The van der Waals surface area contributed by atoms with Crippen LogP contribution < -0.4 is 0 Å². The molecule has 0 N–H and O–H groups in total. The molecule has 0 aromatic carbocycles. The van der Waals surface area contributed by atoms with E-state index < -0.39 is 0 Å². The van der Waals surface area contributed by atoms with Gasteiger partial charge in [0.05, 0.1) is 30.0 Å². The van der Waals surface area contributed by atoms with E-state index in [2.05, 4.69) is 16.4 Å². The molecule has 2 aliphatic rings. The predicted molar refractivity (Wildman–Crippen MR) is 83.3 cm³/mol. The predicted octanol–water partition coefficient (Wildman–Crippen LogP) is 3.24. The van der Waals surface area contributed by atoms with Gasteiger partial charge in [-0.15, -0.1) is 11.3 Å². The molecule has 1 fully saturated rings. The average Bonchev–Trinajstić information content (AvgIpc) is 2.95. The van der Waals surface area contributed by atoms with Crippen LogP contribution in [0.4, 0.5) is 0 Å². The van der Waals surface area contributed by atoms with Crippen LogP contribution in [0.15, 0.2) is 17.0 Å². The summed E-state index contributed by atoms with van der Waals surface area (Å²) in [5, 5.41) is 3.09. The maximum Gasteiger partial charge on any atom is 0.227 e. The number of hydrogen-bond donors (Lipinski definition) is 0. The first-order chi connectivity index (χ1) is 10.2. The molecule has 0 saturated carbocycles. The first-order valence-electron chi connectivity index (χ1n) is 7.71. The summed E-state index contributed by atoms with van der Waals surface area (Å²) in [7, 11) is 0. The van der Waals surface area contributed by atoms with E-state index in [9.17, 15) is 4.79 Å². The lowest BCUT2D eigenvalue weighted by Gasteiger charge is -2.35. The number of carbonyl (C=O) groups is 1. The first-order valence-corrected chi connectivity index (χ1v) is 8.59. The average molecular weight is 306 g/mol. The molecule has 21 heavy (non-hydrogen) atoms. The molecule has 0 spiro atoms. The SMILES string of the molecule is Cc1nc([C@@H]2COCCN2C(=O)CC2=CCCCC2)cs1. The Morgan fingerprint density at radius 3 is 3.14 bits per heavy atom. The second-order valence-corrected chi connectivity index (χ2v) is 6.82. The number of rotatable bonds is 3. The molecule has 0 radical (unpaired) electrons. The Balaban J connectivity index is 1.71. The number of allylic oxidation sites excluding steroid dienone is 1. The zero-order valence-corrected chi connectivity index (χ0v) is 13.3. The third kappa shape index (κ3) is 3.52. The van der Waals surface area contributed by atoms with Gasteiger partial charge in [-0.25, -0.2) is 4.98 Å². The van der Waals surface area contributed by atoms with Crippen molar-refractivity contribution in [3.63, 3.8) is 0 Å². The van der Waals surface area contributed by atoms with Crippen LogP contribution in [0.3, 0.4) is 0 Å². The molecule has 3 rings (SSSR count). The Labute approximate surface area is 129 Å². The third-order valence-electron chi connectivity index (χ3n) is 4.19. The van der Waals surface area contributed by atoms with Crippen LogP contribution in [0.25, 0.3) is 0 Å². The maximum atomic E-state index is 12.7. The Bertz CT molecular complexity index is 538. The second kappa shape index (κ2) is 6.71. The van der Waals surface area contributed by atoms with Crippen molar-refractivity contribution in [2.24, 2.45) is 0 Å². The number of carbonyl (C=O) groups excluding carboxylic acids is 1. The summed E-state index contributed by atoms with van der Waals surface area (Å²) in [6.45, 7) is 3.86. The van der Waals surface area contributed by atoms with Gasteiger partial charge < -0.3 is 9.64 Å². The molecule has 114 valence electrons. The molecule has 4 nitrogen and oxygen atoms in total. The van der Waals surface area contributed by atoms with Crippen LogP contribution in [-0.2, 0) is 9.53 Å². The molecule has 1 aliphatic heterocycles. The number of hydrogen-bond acceptors (Lipinski definition) is 4. The fourth-order valence-corrected chi connectivity index (χ4v) is 3.70. The topological polar surface area (TPSA) is 42.4 Å². The minimum absolute atomic E-state index is 0.0135. The van der Waals surface area contributed by atoms with E-state index in [0.29, 0.717) is 26.2 Å². The van der Waals surface area contributed by atoms with Crippen LogP contribution in [0.1, 0.15) is 48.8 Å². The summed E-state index contributed by atoms with van der Waals surface area (Å²) in [4.78, 5) is 19.2. The van der Waals surface area contributed by atoms with E-state index in [-0.39, 0.29) is 11.9 Å². The lowest BCUT2D eigenvalue weighted by Crippen LogP contribution is -2.43. The molecule has 5 heteroatoms. The molecule has 1 atom stereocenters. The van der Waals surface area contributed by atoms with E-state index in [1.54, 1.807) is 11.3 Å². The van der Waals surface area contributed by atoms with E-state index in [1.807, 2.05) is 11.8 Å². The molecular formula is C16H22N2O2S. The molecule has 1 aromatic heterocycles. The van der Waals surface area contributed by atoms with Crippen molar-refractivity contribution in [2.75, 3.05) is 19.8 Å². The molecule has 0 unspecified atom stereocenters. The molecular weight excluding hydrogens is 284 g/mol. The highest BCUT2D eigenvalue weighted by atomic mass is 32.1. The summed E-state index contributed by atoms with van der Waals surface area (Å²) in [6, 6.07) is -0.0135. The van der Waals surface area contributed by atoms with Gasteiger partial charge in [-0.3, -0.25) is 4.79 Å². The highest BCUT2D eigenvalue weighted by molar-refractivity contribution is 7.09. The van der Waals surface area contributed by atoms with Crippen molar-refractivity contribution in [1.82, 2.24) is 9.88 Å². The van der Waals surface area contributed by atoms with Crippen LogP contribution in [0.2, 0.25) is 0 Å². The summed E-state index contributed by atoms with van der Waals surface area (Å²) in [5.74, 6) is 0.224. The lowest BCUT2D eigenvalue weighted by atomic mass is 9.96. The highest BCUT2D eigenvalue weighted by Crippen LogP contribution is 2.28. The van der Waals surface area contributed by atoms with E-state index >= 15 is 0 Å². The van der Waals surface area contributed by atoms with Gasteiger partial charge in [0.1, 0.15) is 0 Å². The van der Waals surface area contributed by atoms with Gasteiger partial charge in [-0.05, 0) is 32.6 Å². The molecule has 1 aromatic rings. The van der Waals surface area contributed by atoms with Crippen LogP contribution in [-0.4, -0.2) is 35.5 Å². The summed E-state index contributed by atoms with van der Waals surface area (Å²) < 4.78 is 5.57. The number of amides is 1. The molecule has 1 saturated heterocycles. The van der Waals surface area contributed by atoms with E-state index in [1.165, 1.54) is 18.4 Å². The van der Waals surface area contributed by atoms with Gasteiger partial charge in [0, 0.05) is 18.3 Å². The zero-order chi connectivity index (χ0) is 14.7. The standard InChI is InChI=1S/C16H22N2O2S/c1-12-17-14(11-21-12)15-10-20-8-7-18(15)16(19)9-13-5-3-2-4-6-13/h5,11,15H,2-4,6-10H2,1H3/t15-/m0/s1. The number of morpholine rings is 1. The van der Waals surface area contributed by atoms with Crippen molar-refractivity contribution < 1.29 is 9.53 Å². The van der Waals surface area contributed by atoms with Gasteiger partial charge in [-0.1, -0.05) is 11.6 Å². The number of aromatic nitrogens is 1. The Morgan fingerprint density at radius 2 is 2.43 bits per heavy atom. The molecule has 1 aliphatic carbocycles. The van der Waals surface area contributed by atoms with Crippen LogP contribution in [0.5, 0.6) is 0 Å². The van der Waals surface area contributed by atoms with E-state index in [0.717, 1.165) is 23.5 Å². The molecule has 0 bridgehead atoms. The first kappa shape index (κ1) is 14.7. The smallest absolute Gasteiger partial charge is 0.227 e. The fraction of sp³-hybridized carbons (Fsp3) is 0.625. The monoisotopic (exact) mass is 306 g/mol. The van der Waals surface area contributed by atoms with Gasteiger partial charge in [0.2, 0.25) is 5.91 Å². The van der Waals surface area contributed by atoms with Crippen molar-refractivity contribution in [1.29, 1.82) is 0 Å². The normalized spacial score (nSPS) is 23.0. The third-order valence-corrected chi connectivity index (χ3v) is 4.98. The number of nitrogens with zero attached hydrogens (tertiary/aromatic N) is 2. The largest absolute Gasteiger partial charge is 0.377 e. The van der Waals surface area contributed by atoms with Crippen molar-refractivity contribution in [2.45, 2.75) is 45.1 Å². The number of ether oxygens (including phenoxy) is 1. The Morgan fingerprint density at radius 1 is 1.52 bits per heavy atom. The lowest BCUT2D eigenvalue weighted by molar-refractivity contribution is -0.139. The van der Waals surface area contributed by atoms with Crippen molar-refractivity contribution >= 4 is 17.2 Å². The quantitative estimate of drug-likeness (QED) is 0.805. The van der Waals surface area contributed by atoms with Crippen LogP contribution >= 0.6 is 11.3 Å². The van der Waals surface area contributed by atoms with Crippen molar-refractivity contribution in [3.05, 3.63) is 27.7 Å². The highest BCUT2D eigenvalue weighted by Gasteiger charge is 2.30.